The molecule has 1 unspecified atom stereocenters. The van der Waals surface area contributed by atoms with Crippen molar-refractivity contribution >= 4 is 11.6 Å². The summed E-state index contributed by atoms with van der Waals surface area (Å²) in [6.45, 7) is 6.69. The highest BCUT2D eigenvalue weighted by molar-refractivity contribution is 5.79. The van der Waals surface area contributed by atoms with E-state index in [-0.39, 0.29) is 11.8 Å². The van der Waals surface area contributed by atoms with Crippen molar-refractivity contribution in [2.24, 2.45) is 5.92 Å². The molecule has 2 rings (SSSR count). The highest BCUT2D eigenvalue weighted by Crippen LogP contribution is 2.13. The number of carbonyl (C=O) groups is 1. The van der Waals surface area contributed by atoms with Crippen molar-refractivity contribution in [1.82, 2.24) is 10.6 Å². The van der Waals surface area contributed by atoms with Gasteiger partial charge in [-0.15, -0.1) is 0 Å². The first-order chi connectivity index (χ1) is 9.81. The first kappa shape index (κ1) is 14.9. The average Bonchev–Trinajstić information content (AvgIpc) is 3.02. The second kappa shape index (κ2) is 7.90. The molecule has 1 aliphatic heterocycles. The number of amides is 1. The predicted octanol–water partition coefficient (Wildman–Crippen LogP) is 1.63. The Kier molecular flexibility index (Phi) is 5.87. The molecule has 0 saturated carbocycles. The van der Waals surface area contributed by atoms with Crippen molar-refractivity contribution in [3.63, 3.8) is 0 Å². The van der Waals surface area contributed by atoms with Crippen molar-refractivity contribution in [2.75, 3.05) is 37.6 Å². The van der Waals surface area contributed by atoms with Gasteiger partial charge in [-0.2, -0.15) is 0 Å². The van der Waals surface area contributed by atoms with Gasteiger partial charge in [0.1, 0.15) is 0 Å². The number of rotatable bonds is 7. The van der Waals surface area contributed by atoms with Crippen LogP contribution in [0.2, 0.25) is 0 Å². The van der Waals surface area contributed by atoms with Gasteiger partial charge < -0.3 is 15.5 Å². The molecule has 4 heteroatoms. The smallest absolute Gasteiger partial charge is 0.224 e. The van der Waals surface area contributed by atoms with Gasteiger partial charge in [-0.3, -0.25) is 4.79 Å². The molecule has 1 heterocycles. The Hall–Kier alpha value is -1.55. The molecule has 1 atom stereocenters. The Morgan fingerprint density at radius 2 is 2.20 bits per heavy atom. The van der Waals surface area contributed by atoms with Crippen molar-refractivity contribution in [3.8, 4) is 0 Å². The second-order valence-electron chi connectivity index (χ2n) is 5.25. The monoisotopic (exact) mass is 275 g/mol. The number of benzene rings is 1. The fourth-order valence-corrected chi connectivity index (χ4v) is 2.61. The van der Waals surface area contributed by atoms with Crippen LogP contribution in [0.15, 0.2) is 30.3 Å². The van der Waals surface area contributed by atoms with Crippen molar-refractivity contribution in [2.45, 2.75) is 19.8 Å². The van der Waals surface area contributed by atoms with Gasteiger partial charge in [-0.25, -0.2) is 0 Å². The van der Waals surface area contributed by atoms with Crippen LogP contribution in [-0.4, -0.2) is 38.6 Å². The highest BCUT2D eigenvalue weighted by Gasteiger charge is 2.21. The van der Waals surface area contributed by atoms with Crippen molar-refractivity contribution in [1.29, 1.82) is 0 Å². The second-order valence-corrected chi connectivity index (χ2v) is 5.25. The molecule has 4 nitrogen and oxygen atoms in total. The van der Waals surface area contributed by atoms with Gasteiger partial charge in [0.15, 0.2) is 0 Å². The van der Waals surface area contributed by atoms with E-state index in [2.05, 4.69) is 46.7 Å². The zero-order valence-corrected chi connectivity index (χ0v) is 12.3. The summed E-state index contributed by atoms with van der Waals surface area (Å²) in [4.78, 5) is 14.2. The molecule has 2 N–H and O–H groups in total. The molecular formula is C16H25N3O. The number of hydrogen-bond acceptors (Lipinski definition) is 3. The predicted molar refractivity (Wildman–Crippen MR) is 82.9 cm³/mol. The number of para-hydroxylation sites is 1. The Morgan fingerprint density at radius 3 is 2.85 bits per heavy atom. The van der Waals surface area contributed by atoms with Gasteiger partial charge >= 0.3 is 0 Å². The van der Waals surface area contributed by atoms with Crippen LogP contribution < -0.4 is 15.5 Å². The summed E-state index contributed by atoms with van der Waals surface area (Å²) in [5, 5.41) is 6.27. The van der Waals surface area contributed by atoms with Crippen LogP contribution in [0, 0.1) is 5.92 Å². The Bertz CT molecular complexity index is 401. The molecule has 0 bridgehead atoms. The van der Waals surface area contributed by atoms with Gasteiger partial charge in [-0.05, 0) is 38.4 Å². The summed E-state index contributed by atoms with van der Waals surface area (Å²) in [6, 6.07) is 10.4. The molecule has 1 aromatic rings. The largest absolute Gasteiger partial charge is 0.372 e. The van der Waals surface area contributed by atoms with Crippen LogP contribution >= 0.6 is 0 Å². The number of nitrogens with one attached hydrogen (secondary N) is 2. The van der Waals surface area contributed by atoms with E-state index in [1.54, 1.807) is 0 Å². The Balaban J connectivity index is 1.68. The molecule has 0 aliphatic carbocycles. The molecular weight excluding hydrogens is 250 g/mol. The van der Waals surface area contributed by atoms with Crippen LogP contribution in [0.4, 0.5) is 5.69 Å². The first-order valence-corrected chi connectivity index (χ1v) is 7.59. The maximum absolute atomic E-state index is 11.9. The molecule has 1 saturated heterocycles. The molecule has 1 amide bonds. The molecule has 1 fully saturated rings. The van der Waals surface area contributed by atoms with Gasteiger partial charge in [0.05, 0.1) is 5.92 Å². The topological polar surface area (TPSA) is 44.4 Å². The Labute approximate surface area is 121 Å². The zero-order valence-electron chi connectivity index (χ0n) is 12.3. The molecule has 0 radical (unpaired) electrons. The molecule has 1 aromatic carbocycles. The van der Waals surface area contributed by atoms with Gasteiger partial charge in [0.2, 0.25) is 5.91 Å². The number of hydrogen-bond donors (Lipinski definition) is 2. The van der Waals surface area contributed by atoms with E-state index in [0.29, 0.717) is 0 Å². The lowest BCUT2D eigenvalue weighted by Gasteiger charge is -2.23. The summed E-state index contributed by atoms with van der Waals surface area (Å²) < 4.78 is 0. The summed E-state index contributed by atoms with van der Waals surface area (Å²) >= 11 is 0. The van der Waals surface area contributed by atoms with Gasteiger partial charge in [0, 0.05) is 31.9 Å². The summed E-state index contributed by atoms with van der Waals surface area (Å²) in [7, 11) is 0. The van der Waals surface area contributed by atoms with Crippen LogP contribution in [-0.2, 0) is 4.79 Å². The zero-order chi connectivity index (χ0) is 14.2. The Morgan fingerprint density at radius 1 is 1.40 bits per heavy atom. The van der Waals surface area contributed by atoms with Crippen LogP contribution in [0.1, 0.15) is 19.8 Å². The van der Waals surface area contributed by atoms with E-state index < -0.39 is 0 Å². The van der Waals surface area contributed by atoms with E-state index >= 15 is 0 Å². The van der Waals surface area contributed by atoms with Gasteiger partial charge in [-0.1, -0.05) is 18.2 Å². The van der Waals surface area contributed by atoms with E-state index in [4.69, 9.17) is 0 Å². The minimum atomic E-state index is 0.173. The van der Waals surface area contributed by atoms with Gasteiger partial charge in [0.25, 0.3) is 0 Å². The lowest BCUT2D eigenvalue weighted by Crippen LogP contribution is -2.34. The van der Waals surface area contributed by atoms with E-state index in [9.17, 15) is 4.79 Å². The number of carbonyl (C=O) groups excluding carboxylic acids is 1. The minimum Gasteiger partial charge on any atom is -0.372 e. The van der Waals surface area contributed by atoms with E-state index in [0.717, 1.165) is 45.6 Å². The SMILES string of the molecule is CCN(CCCNC(=O)C1CCNC1)c1ccccc1. The average molecular weight is 275 g/mol. The summed E-state index contributed by atoms with van der Waals surface area (Å²) in [5.74, 6) is 0.379. The lowest BCUT2D eigenvalue weighted by molar-refractivity contribution is -0.124. The molecule has 0 spiro atoms. The van der Waals surface area contributed by atoms with Crippen molar-refractivity contribution in [3.05, 3.63) is 30.3 Å². The third-order valence-electron chi connectivity index (χ3n) is 3.84. The fourth-order valence-electron chi connectivity index (χ4n) is 2.61. The fraction of sp³-hybridized carbons (Fsp3) is 0.562. The number of anilines is 1. The standard InChI is InChI=1S/C16H25N3O/c1-2-19(15-7-4-3-5-8-15)12-6-10-18-16(20)14-9-11-17-13-14/h3-5,7-8,14,17H,2,6,9-13H2,1H3,(H,18,20). The lowest BCUT2D eigenvalue weighted by atomic mass is 10.1. The van der Waals surface area contributed by atoms with Crippen LogP contribution in [0.3, 0.4) is 0 Å². The summed E-state index contributed by atoms with van der Waals surface area (Å²) in [5.41, 5.74) is 1.25. The first-order valence-electron chi connectivity index (χ1n) is 7.59. The number of nitrogens with zero attached hydrogens (tertiary/aromatic N) is 1. The summed E-state index contributed by atoms with van der Waals surface area (Å²) in [6.07, 6.45) is 1.95. The minimum absolute atomic E-state index is 0.173. The third kappa shape index (κ3) is 4.23. The molecule has 20 heavy (non-hydrogen) atoms. The van der Waals surface area contributed by atoms with Crippen LogP contribution in [0.25, 0.3) is 0 Å². The van der Waals surface area contributed by atoms with Crippen LogP contribution in [0.5, 0.6) is 0 Å². The normalized spacial score (nSPS) is 17.9. The molecule has 1 aliphatic rings. The van der Waals surface area contributed by atoms with Crippen molar-refractivity contribution < 1.29 is 4.79 Å². The molecule has 110 valence electrons. The molecule has 0 aromatic heterocycles. The third-order valence-corrected chi connectivity index (χ3v) is 3.84. The van der Waals surface area contributed by atoms with E-state index in [1.807, 2.05) is 6.07 Å². The maximum Gasteiger partial charge on any atom is 0.224 e. The maximum atomic E-state index is 11.9. The van der Waals surface area contributed by atoms with E-state index in [1.165, 1.54) is 5.69 Å². The quantitative estimate of drug-likeness (QED) is 0.743. The highest BCUT2D eigenvalue weighted by atomic mass is 16.1.